The summed E-state index contributed by atoms with van der Waals surface area (Å²) in [4.78, 5) is 0. The first-order valence-corrected chi connectivity index (χ1v) is 6.26. The predicted octanol–water partition coefficient (Wildman–Crippen LogP) is 2.82. The third-order valence-electron chi connectivity index (χ3n) is 4.17. The van der Waals surface area contributed by atoms with Gasteiger partial charge in [-0.05, 0) is 36.8 Å². The van der Waals surface area contributed by atoms with Crippen LogP contribution < -0.4 is 10.5 Å². The molecule has 3 rings (SSSR count). The van der Waals surface area contributed by atoms with Gasteiger partial charge in [-0.1, -0.05) is 25.1 Å². The normalized spacial score (nSPS) is 36.4. The Morgan fingerprint density at radius 3 is 3.00 bits per heavy atom. The Hall–Kier alpha value is -1.02. The van der Waals surface area contributed by atoms with Crippen LogP contribution in [0.15, 0.2) is 24.3 Å². The fraction of sp³-hybridized carbons (Fsp3) is 0.571. The molecule has 0 aromatic heterocycles. The highest BCUT2D eigenvalue weighted by Crippen LogP contribution is 2.49. The minimum Gasteiger partial charge on any atom is -0.487 e. The predicted molar refractivity (Wildman–Crippen MR) is 64.7 cm³/mol. The molecule has 1 heterocycles. The molecule has 1 aromatic carbocycles. The maximum absolute atomic E-state index is 6.23. The third kappa shape index (κ3) is 1.44. The largest absolute Gasteiger partial charge is 0.487 e. The van der Waals surface area contributed by atoms with Crippen molar-refractivity contribution in [3.05, 3.63) is 29.8 Å². The van der Waals surface area contributed by atoms with Gasteiger partial charge in [0.05, 0.1) is 0 Å². The number of ether oxygens (including phenoxy) is 1. The highest BCUT2D eigenvalue weighted by molar-refractivity contribution is 5.40. The number of benzene rings is 1. The molecule has 3 atom stereocenters. The molecule has 86 valence electrons. The summed E-state index contributed by atoms with van der Waals surface area (Å²) in [6.07, 6.45) is 4.33. The van der Waals surface area contributed by atoms with Crippen LogP contribution in [0.2, 0.25) is 0 Å². The van der Waals surface area contributed by atoms with Gasteiger partial charge in [0.1, 0.15) is 11.4 Å². The molecule has 0 radical (unpaired) electrons. The molecule has 1 aromatic rings. The fourth-order valence-corrected chi connectivity index (χ4v) is 3.37. The van der Waals surface area contributed by atoms with E-state index >= 15 is 0 Å². The van der Waals surface area contributed by atoms with Crippen LogP contribution in [0.4, 0.5) is 0 Å². The summed E-state index contributed by atoms with van der Waals surface area (Å²) in [6.45, 7) is 2.21. The maximum Gasteiger partial charge on any atom is 0.123 e. The van der Waals surface area contributed by atoms with Crippen LogP contribution in [-0.2, 0) is 0 Å². The number of fused-ring (bicyclic) bond motifs is 4. The van der Waals surface area contributed by atoms with Crippen LogP contribution in [0.5, 0.6) is 5.75 Å². The number of hydrogen-bond acceptors (Lipinski definition) is 2. The van der Waals surface area contributed by atoms with Gasteiger partial charge in [0.15, 0.2) is 0 Å². The second-order valence-electron chi connectivity index (χ2n) is 5.28. The number of rotatable bonds is 1. The van der Waals surface area contributed by atoms with Crippen molar-refractivity contribution >= 4 is 0 Å². The first-order valence-electron chi connectivity index (χ1n) is 6.26. The minimum atomic E-state index is 0.0106. The number of hydrogen-bond donors (Lipinski definition) is 1. The van der Waals surface area contributed by atoms with Crippen molar-refractivity contribution in [2.45, 2.75) is 50.2 Å². The van der Waals surface area contributed by atoms with E-state index < -0.39 is 0 Å². The molecule has 0 amide bonds. The first kappa shape index (κ1) is 10.2. The molecular weight excluding hydrogens is 198 g/mol. The molecule has 2 nitrogen and oxygen atoms in total. The molecule has 2 N–H and O–H groups in total. The minimum absolute atomic E-state index is 0.0106. The standard InChI is InChI=1S/C14H19NO/c1-2-14-8-10(7-11(15)9-14)12-5-3-4-6-13(12)16-14/h3-6,10-11H,2,7-9,15H2,1H3. The zero-order valence-corrected chi connectivity index (χ0v) is 9.78. The van der Waals surface area contributed by atoms with Gasteiger partial charge in [-0.2, -0.15) is 0 Å². The van der Waals surface area contributed by atoms with E-state index in [1.54, 1.807) is 0 Å². The van der Waals surface area contributed by atoms with Gasteiger partial charge in [-0.15, -0.1) is 0 Å². The summed E-state index contributed by atoms with van der Waals surface area (Å²) in [6, 6.07) is 8.75. The average molecular weight is 217 g/mol. The molecule has 0 saturated heterocycles. The van der Waals surface area contributed by atoms with E-state index in [1.165, 1.54) is 5.56 Å². The molecule has 2 aliphatic rings. The molecule has 0 spiro atoms. The second-order valence-corrected chi connectivity index (χ2v) is 5.28. The summed E-state index contributed by atoms with van der Waals surface area (Å²) in [5.41, 5.74) is 7.54. The molecule has 1 aliphatic heterocycles. The van der Waals surface area contributed by atoms with Crippen molar-refractivity contribution in [2.75, 3.05) is 0 Å². The highest BCUT2D eigenvalue weighted by Gasteiger charge is 2.44. The third-order valence-corrected chi connectivity index (χ3v) is 4.17. The molecule has 1 saturated carbocycles. The molecular formula is C14H19NO. The lowest BCUT2D eigenvalue weighted by Gasteiger charge is -2.47. The van der Waals surface area contributed by atoms with Crippen LogP contribution in [0.1, 0.15) is 44.1 Å². The van der Waals surface area contributed by atoms with E-state index in [9.17, 15) is 0 Å². The second kappa shape index (κ2) is 3.49. The lowest BCUT2D eigenvalue weighted by Crippen LogP contribution is -2.50. The zero-order chi connectivity index (χ0) is 11.2. The van der Waals surface area contributed by atoms with Crippen LogP contribution in [0.25, 0.3) is 0 Å². The van der Waals surface area contributed by atoms with Crippen LogP contribution >= 0.6 is 0 Å². The van der Waals surface area contributed by atoms with Crippen molar-refractivity contribution in [3.8, 4) is 5.75 Å². The number of nitrogens with two attached hydrogens (primary N) is 1. The topological polar surface area (TPSA) is 35.2 Å². The van der Waals surface area contributed by atoms with E-state index in [4.69, 9.17) is 10.5 Å². The summed E-state index contributed by atoms with van der Waals surface area (Å²) >= 11 is 0. The van der Waals surface area contributed by atoms with E-state index in [1.807, 2.05) is 0 Å². The Bertz CT molecular complexity index is 403. The summed E-state index contributed by atoms with van der Waals surface area (Å²) in [7, 11) is 0. The molecule has 16 heavy (non-hydrogen) atoms. The molecule has 2 bridgehead atoms. The smallest absolute Gasteiger partial charge is 0.123 e. The van der Waals surface area contributed by atoms with Crippen LogP contribution in [0.3, 0.4) is 0 Å². The van der Waals surface area contributed by atoms with E-state index in [0.717, 1.165) is 31.4 Å². The summed E-state index contributed by atoms with van der Waals surface area (Å²) in [5, 5.41) is 0. The van der Waals surface area contributed by atoms with Gasteiger partial charge in [-0.25, -0.2) is 0 Å². The Labute approximate surface area is 96.8 Å². The van der Waals surface area contributed by atoms with Gasteiger partial charge >= 0.3 is 0 Å². The van der Waals surface area contributed by atoms with Crippen molar-refractivity contribution in [3.63, 3.8) is 0 Å². The monoisotopic (exact) mass is 217 g/mol. The Morgan fingerprint density at radius 2 is 2.19 bits per heavy atom. The average Bonchev–Trinajstić information content (AvgIpc) is 2.28. The molecule has 2 heteroatoms. The van der Waals surface area contributed by atoms with Gasteiger partial charge < -0.3 is 10.5 Å². The van der Waals surface area contributed by atoms with E-state index in [0.29, 0.717) is 12.0 Å². The molecule has 1 aliphatic carbocycles. The van der Waals surface area contributed by atoms with E-state index in [2.05, 4.69) is 31.2 Å². The van der Waals surface area contributed by atoms with Gasteiger partial charge in [0.2, 0.25) is 0 Å². The van der Waals surface area contributed by atoms with Gasteiger partial charge in [-0.3, -0.25) is 0 Å². The summed E-state index contributed by atoms with van der Waals surface area (Å²) < 4.78 is 6.23. The van der Waals surface area contributed by atoms with Crippen molar-refractivity contribution in [1.29, 1.82) is 0 Å². The Morgan fingerprint density at radius 1 is 1.38 bits per heavy atom. The lowest BCUT2D eigenvalue weighted by molar-refractivity contribution is -0.00599. The van der Waals surface area contributed by atoms with Crippen molar-refractivity contribution < 1.29 is 4.74 Å². The van der Waals surface area contributed by atoms with Gasteiger partial charge in [0, 0.05) is 12.5 Å². The lowest BCUT2D eigenvalue weighted by atomic mass is 9.70. The zero-order valence-electron chi connectivity index (χ0n) is 9.78. The number of para-hydroxylation sites is 1. The Balaban J connectivity index is 2.05. The summed E-state index contributed by atoms with van der Waals surface area (Å²) in [5.74, 6) is 1.70. The van der Waals surface area contributed by atoms with Crippen molar-refractivity contribution in [1.82, 2.24) is 0 Å². The maximum atomic E-state index is 6.23. The quantitative estimate of drug-likeness (QED) is 0.785. The SMILES string of the molecule is CCC12CC(N)CC(C1)c1ccccc1O2. The van der Waals surface area contributed by atoms with Gasteiger partial charge in [0.25, 0.3) is 0 Å². The molecule has 3 unspecified atom stereocenters. The fourth-order valence-electron chi connectivity index (χ4n) is 3.37. The van der Waals surface area contributed by atoms with Crippen LogP contribution in [0, 0.1) is 0 Å². The van der Waals surface area contributed by atoms with Crippen molar-refractivity contribution in [2.24, 2.45) is 5.73 Å². The first-order chi connectivity index (χ1) is 7.72. The van der Waals surface area contributed by atoms with E-state index in [-0.39, 0.29) is 5.60 Å². The highest BCUT2D eigenvalue weighted by atomic mass is 16.5. The van der Waals surface area contributed by atoms with Crippen LogP contribution in [-0.4, -0.2) is 11.6 Å². The Kier molecular flexibility index (Phi) is 2.21. The molecule has 1 fully saturated rings.